The van der Waals surface area contributed by atoms with Crippen molar-refractivity contribution < 1.29 is 9.90 Å². The maximum Gasteiger partial charge on any atom is 0.242 e. The van der Waals surface area contributed by atoms with E-state index >= 15 is 0 Å². The molecule has 5 heteroatoms. The standard InChI is InChI=1S/C13H17BrN2O2/c1-2-11-13(18)15-5-6-16(11)12-4-3-10(14)7-9(12)8-17/h3-4,7,11,17H,2,5-6,8H2,1H3,(H,15,18). The van der Waals surface area contributed by atoms with Crippen molar-refractivity contribution in [3.8, 4) is 0 Å². The second kappa shape index (κ2) is 5.71. The second-order valence-corrected chi connectivity index (χ2v) is 5.26. The van der Waals surface area contributed by atoms with Gasteiger partial charge in [-0.1, -0.05) is 22.9 Å². The van der Waals surface area contributed by atoms with Crippen molar-refractivity contribution in [3.05, 3.63) is 28.2 Å². The minimum atomic E-state index is -0.148. The van der Waals surface area contributed by atoms with Gasteiger partial charge in [0.05, 0.1) is 6.61 Å². The highest BCUT2D eigenvalue weighted by atomic mass is 79.9. The van der Waals surface area contributed by atoms with Crippen molar-refractivity contribution in [1.29, 1.82) is 0 Å². The second-order valence-electron chi connectivity index (χ2n) is 4.34. The van der Waals surface area contributed by atoms with Crippen LogP contribution >= 0.6 is 15.9 Å². The number of carbonyl (C=O) groups excluding carboxylic acids is 1. The molecule has 4 nitrogen and oxygen atoms in total. The van der Waals surface area contributed by atoms with Gasteiger partial charge in [0.25, 0.3) is 0 Å². The molecule has 0 spiro atoms. The third-order valence-corrected chi connectivity index (χ3v) is 3.73. The predicted molar refractivity (Wildman–Crippen MR) is 74.5 cm³/mol. The molecule has 1 aromatic rings. The van der Waals surface area contributed by atoms with E-state index in [1.54, 1.807) is 0 Å². The zero-order chi connectivity index (χ0) is 13.1. The van der Waals surface area contributed by atoms with Gasteiger partial charge in [0.2, 0.25) is 5.91 Å². The van der Waals surface area contributed by atoms with Gasteiger partial charge in [-0.3, -0.25) is 4.79 Å². The minimum absolute atomic E-state index is 0.0245. The van der Waals surface area contributed by atoms with Crippen LogP contribution in [0.5, 0.6) is 0 Å². The van der Waals surface area contributed by atoms with Crippen LogP contribution in [0, 0.1) is 0 Å². The van der Waals surface area contributed by atoms with E-state index in [9.17, 15) is 9.90 Å². The van der Waals surface area contributed by atoms with Gasteiger partial charge in [0.1, 0.15) is 6.04 Å². The Labute approximate surface area is 115 Å². The molecule has 0 radical (unpaired) electrons. The molecule has 1 atom stereocenters. The Morgan fingerprint density at radius 2 is 2.33 bits per heavy atom. The van der Waals surface area contributed by atoms with Crippen molar-refractivity contribution in [2.75, 3.05) is 18.0 Å². The van der Waals surface area contributed by atoms with Crippen LogP contribution in [0.25, 0.3) is 0 Å². The summed E-state index contributed by atoms with van der Waals surface area (Å²) in [7, 11) is 0. The van der Waals surface area contributed by atoms with Crippen molar-refractivity contribution in [3.63, 3.8) is 0 Å². The van der Waals surface area contributed by atoms with Crippen LogP contribution in [0.4, 0.5) is 5.69 Å². The van der Waals surface area contributed by atoms with Crippen LogP contribution in [0.3, 0.4) is 0 Å². The number of amides is 1. The van der Waals surface area contributed by atoms with Crippen LogP contribution in [0.2, 0.25) is 0 Å². The minimum Gasteiger partial charge on any atom is -0.392 e. The molecule has 1 amide bonds. The molecule has 1 fully saturated rings. The first kappa shape index (κ1) is 13.4. The highest BCUT2D eigenvalue weighted by Gasteiger charge is 2.29. The molecule has 1 aliphatic rings. The zero-order valence-electron chi connectivity index (χ0n) is 10.3. The van der Waals surface area contributed by atoms with E-state index in [0.717, 1.165) is 28.7 Å². The monoisotopic (exact) mass is 312 g/mol. The Morgan fingerprint density at radius 1 is 1.56 bits per heavy atom. The fourth-order valence-corrected chi connectivity index (χ4v) is 2.78. The molecular formula is C13H17BrN2O2. The molecule has 0 aliphatic carbocycles. The van der Waals surface area contributed by atoms with E-state index in [-0.39, 0.29) is 18.6 Å². The van der Waals surface area contributed by atoms with E-state index in [2.05, 4.69) is 26.1 Å². The SMILES string of the molecule is CCC1C(=O)NCCN1c1ccc(Br)cc1CO. The van der Waals surface area contributed by atoms with Gasteiger partial charge in [-0.05, 0) is 24.6 Å². The summed E-state index contributed by atoms with van der Waals surface area (Å²) in [5.41, 5.74) is 1.79. The topological polar surface area (TPSA) is 52.6 Å². The zero-order valence-corrected chi connectivity index (χ0v) is 11.9. The lowest BCUT2D eigenvalue weighted by Crippen LogP contribution is -2.55. The number of nitrogens with zero attached hydrogens (tertiary/aromatic N) is 1. The van der Waals surface area contributed by atoms with E-state index in [4.69, 9.17) is 0 Å². The average Bonchev–Trinajstić information content (AvgIpc) is 2.38. The molecular weight excluding hydrogens is 296 g/mol. The molecule has 98 valence electrons. The molecule has 2 N–H and O–H groups in total. The lowest BCUT2D eigenvalue weighted by atomic mass is 10.1. The van der Waals surface area contributed by atoms with E-state index < -0.39 is 0 Å². The third kappa shape index (κ3) is 2.52. The molecule has 1 unspecified atom stereocenters. The van der Waals surface area contributed by atoms with Gasteiger partial charge in [-0.2, -0.15) is 0 Å². The van der Waals surface area contributed by atoms with Crippen molar-refractivity contribution in [2.45, 2.75) is 26.0 Å². The summed E-state index contributed by atoms with van der Waals surface area (Å²) in [6.07, 6.45) is 0.757. The Kier molecular flexibility index (Phi) is 4.24. The Bertz CT molecular complexity index is 451. The van der Waals surface area contributed by atoms with Crippen LogP contribution in [-0.4, -0.2) is 30.1 Å². The number of nitrogens with one attached hydrogen (secondary N) is 1. The quantitative estimate of drug-likeness (QED) is 0.892. The van der Waals surface area contributed by atoms with Crippen LogP contribution in [0.1, 0.15) is 18.9 Å². The molecule has 0 bridgehead atoms. The van der Waals surface area contributed by atoms with E-state index in [0.29, 0.717) is 6.54 Å². The molecule has 1 heterocycles. The number of halogens is 1. The molecule has 0 saturated carbocycles. The normalized spacial score (nSPS) is 19.8. The summed E-state index contributed by atoms with van der Waals surface area (Å²) < 4.78 is 0.935. The first-order valence-electron chi connectivity index (χ1n) is 6.11. The molecule has 1 saturated heterocycles. The number of hydrogen-bond acceptors (Lipinski definition) is 3. The van der Waals surface area contributed by atoms with Crippen molar-refractivity contribution >= 4 is 27.5 Å². The smallest absolute Gasteiger partial charge is 0.242 e. The number of anilines is 1. The highest BCUT2D eigenvalue weighted by molar-refractivity contribution is 9.10. The van der Waals surface area contributed by atoms with Gasteiger partial charge in [0.15, 0.2) is 0 Å². The van der Waals surface area contributed by atoms with Gasteiger partial charge >= 0.3 is 0 Å². The first-order chi connectivity index (χ1) is 8.67. The highest BCUT2D eigenvalue weighted by Crippen LogP contribution is 2.27. The van der Waals surface area contributed by atoms with Gasteiger partial charge < -0.3 is 15.3 Å². The molecule has 18 heavy (non-hydrogen) atoms. The van der Waals surface area contributed by atoms with Gasteiger partial charge in [0, 0.05) is 28.8 Å². The predicted octanol–water partition coefficient (Wildman–Crippen LogP) is 1.66. The summed E-state index contributed by atoms with van der Waals surface area (Å²) in [5, 5.41) is 12.3. The lowest BCUT2D eigenvalue weighted by molar-refractivity contribution is -0.123. The largest absolute Gasteiger partial charge is 0.392 e. The van der Waals surface area contributed by atoms with Crippen LogP contribution < -0.4 is 10.2 Å². The van der Waals surface area contributed by atoms with Crippen molar-refractivity contribution in [1.82, 2.24) is 5.32 Å². The Morgan fingerprint density at radius 3 is 3.00 bits per heavy atom. The van der Waals surface area contributed by atoms with Gasteiger partial charge in [-0.15, -0.1) is 0 Å². The summed E-state index contributed by atoms with van der Waals surface area (Å²) in [6.45, 7) is 3.40. The number of carbonyl (C=O) groups is 1. The lowest BCUT2D eigenvalue weighted by Gasteiger charge is -2.37. The average molecular weight is 313 g/mol. The Balaban J connectivity index is 2.37. The van der Waals surface area contributed by atoms with E-state index in [1.165, 1.54) is 0 Å². The maximum atomic E-state index is 11.9. The summed E-state index contributed by atoms with van der Waals surface area (Å²) >= 11 is 3.40. The maximum absolute atomic E-state index is 11.9. The number of aliphatic hydroxyl groups excluding tert-OH is 1. The number of aliphatic hydroxyl groups is 1. The molecule has 1 aromatic carbocycles. The summed E-state index contributed by atoms with van der Waals surface area (Å²) in [4.78, 5) is 13.9. The fraction of sp³-hybridized carbons (Fsp3) is 0.462. The Hall–Kier alpha value is -1.07. The fourth-order valence-electron chi connectivity index (χ4n) is 2.37. The molecule has 1 aliphatic heterocycles. The van der Waals surface area contributed by atoms with Crippen molar-refractivity contribution in [2.24, 2.45) is 0 Å². The number of piperazine rings is 1. The summed E-state index contributed by atoms with van der Waals surface area (Å²) in [6, 6.07) is 5.64. The van der Waals surface area contributed by atoms with Crippen LogP contribution in [0.15, 0.2) is 22.7 Å². The summed E-state index contributed by atoms with van der Waals surface area (Å²) in [5.74, 6) is 0.0653. The van der Waals surface area contributed by atoms with Gasteiger partial charge in [-0.25, -0.2) is 0 Å². The first-order valence-corrected chi connectivity index (χ1v) is 6.90. The van der Waals surface area contributed by atoms with Crippen LogP contribution in [-0.2, 0) is 11.4 Å². The molecule has 2 rings (SSSR count). The number of benzene rings is 1. The van der Waals surface area contributed by atoms with E-state index in [1.807, 2.05) is 25.1 Å². The molecule has 0 aromatic heterocycles. The third-order valence-electron chi connectivity index (χ3n) is 3.24. The number of rotatable bonds is 3. The number of hydrogen-bond donors (Lipinski definition) is 2.